The van der Waals surface area contributed by atoms with Crippen molar-refractivity contribution >= 4 is 39.7 Å². The lowest BCUT2D eigenvalue weighted by molar-refractivity contribution is -0.384. The maximum Gasteiger partial charge on any atom is 0.269 e. The fraction of sp³-hybridized carbons (Fsp3) is 0.0588. The summed E-state index contributed by atoms with van der Waals surface area (Å²) in [7, 11) is 0. The zero-order chi connectivity index (χ0) is 17.8. The molecular formula is C17H12ClN3O3S. The molecule has 0 aliphatic rings. The molecule has 3 rings (SSSR count). The van der Waals surface area contributed by atoms with Crippen LogP contribution >= 0.6 is 22.9 Å². The second kappa shape index (κ2) is 7.42. The summed E-state index contributed by atoms with van der Waals surface area (Å²) in [4.78, 5) is 26.6. The van der Waals surface area contributed by atoms with Gasteiger partial charge >= 0.3 is 0 Å². The zero-order valence-corrected chi connectivity index (χ0v) is 14.4. The van der Waals surface area contributed by atoms with Crippen molar-refractivity contribution in [3.63, 3.8) is 0 Å². The maximum atomic E-state index is 12.1. The molecule has 1 amide bonds. The van der Waals surface area contributed by atoms with E-state index in [1.165, 1.54) is 23.5 Å². The number of anilines is 1. The van der Waals surface area contributed by atoms with Crippen molar-refractivity contribution in [2.24, 2.45) is 0 Å². The summed E-state index contributed by atoms with van der Waals surface area (Å²) >= 11 is 7.45. The molecule has 0 saturated heterocycles. The molecule has 1 heterocycles. The summed E-state index contributed by atoms with van der Waals surface area (Å²) in [6.45, 7) is 0. The van der Waals surface area contributed by atoms with Gasteiger partial charge in [-0.15, -0.1) is 11.3 Å². The van der Waals surface area contributed by atoms with Crippen molar-refractivity contribution in [3.05, 3.63) is 74.6 Å². The van der Waals surface area contributed by atoms with Gasteiger partial charge in [-0.05, 0) is 11.6 Å². The standard InChI is InChI=1S/C17H12ClN3O3S/c18-14-4-2-1-3-13(14)15-10-25-17(19-15)20-16(22)9-11-5-7-12(8-6-11)21(23)24/h1-8,10H,9H2,(H,19,20,22). The van der Waals surface area contributed by atoms with Crippen LogP contribution in [0.1, 0.15) is 5.56 Å². The third-order valence-electron chi connectivity index (χ3n) is 3.41. The topological polar surface area (TPSA) is 85.1 Å². The van der Waals surface area contributed by atoms with Gasteiger partial charge in [-0.3, -0.25) is 14.9 Å². The van der Waals surface area contributed by atoms with E-state index in [0.717, 1.165) is 5.56 Å². The Morgan fingerprint density at radius 2 is 1.92 bits per heavy atom. The molecule has 8 heteroatoms. The molecule has 0 atom stereocenters. The Morgan fingerprint density at radius 3 is 2.60 bits per heavy atom. The van der Waals surface area contributed by atoms with Crippen molar-refractivity contribution in [2.75, 3.05) is 5.32 Å². The lowest BCUT2D eigenvalue weighted by Crippen LogP contribution is -2.14. The number of hydrogen-bond acceptors (Lipinski definition) is 5. The third kappa shape index (κ3) is 4.20. The minimum absolute atomic E-state index is 0.00605. The number of rotatable bonds is 5. The molecule has 0 aliphatic heterocycles. The lowest BCUT2D eigenvalue weighted by atomic mass is 10.1. The summed E-state index contributed by atoms with van der Waals surface area (Å²) in [5.74, 6) is -0.242. The van der Waals surface area contributed by atoms with Gasteiger partial charge in [-0.2, -0.15) is 0 Å². The van der Waals surface area contributed by atoms with Gasteiger partial charge in [0.25, 0.3) is 5.69 Å². The van der Waals surface area contributed by atoms with Crippen LogP contribution in [0.2, 0.25) is 5.02 Å². The fourth-order valence-corrected chi connectivity index (χ4v) is 3.17. The number of nitro groups is 1. The van der Waals surface area contributed by atoms with Crippen molar-refractivity contribution in [3.8, 4) is 11.3 Å². The second-order valence-electron chi connectivity index (χ2n) is 5.17. The van der Waals surface area contributed by atoms with E-state index in [4.69, 9.17) is 11.6 Å². The molecule has 6 nitrogen and oxygen atoms in total. The normalized spacial score (nSPS) is 10.4. The molecule has 0 unspecified atom stereocenters. The van der Waals surface area contributed by atoms with Crippen LogP contribution in [-0.2, 0) is 11.2 Å². The average molecular weight is 374 g/mol. The molecule has 0 saturated carbocycles. The Bertz CT molecular complexity index is 925. The first-order valence-corrected chi connectivity index (χ1v) is 8.52. The van der Waals surface area contributed by atoms with E-state index in [-0.39, 0.29) is 18.0 Å². The molecule has 1 N–H and O–H groups in total. The minimum atomic E-state index is -0.477. The lowest BCUT2D eigenvalue weighted by Gasteiger charge is -2.02. The highest BCUT2D eigenvalue weighted by Crippen LogP contribution is 2.30. The third-order valence-corrected chi connectivity index (χ3v) is 4.50. The van der Waals surface area contributed by atoms with Crippen molar-refractivity contribution in [1.29, 1.82) is 0 Å². The monoisotopic (exact) mass is 373 g/mol. The van der Waals surface area contributed by atoms with E-state index in [0.29, 0.717) is 21.4 Å². The molecule has 0 fully saturated rings. The van der Waals surface area contributed by atoms with Crippen LogP contribution in [0.3, 0.4) is 0 Å². The minimum Gasteiger partial charge on any atom is -0.302 e. The zero-order valence-electron chi connectivity index (χ0n) is 12.8. The van der Waals surface area contributed by atoms with Gasteiger partial charge in [0.1, 0.15) is 0 Å². The Kier molecular flexibility index (Phi) is 5.06. The number of nitro benzene ring substituents is 1. The molecule has 3 aromatic rings. The Morgan fingerprint density at radius 1 is 1.20 bits per heavy atom. The number of non-ortho nitro benzene ring substituents is 1. The molecule has 126 valence electrons. The Labute approximate surface area is 152 Å². The van der Waals surface area contributed by atoms with Crippen LogP contribution in [0.25, 0.3) is 11.3 Å². The number of hydrogen-bond donors (Lipinski definition) is 1. The van der Waals surface area contributed by atoms with Crippen molar-refractivity contribution in [2.45, 2.75) is 6.42 Å². The first-order chi connectivity index (χ1) is 12.0. The molecule has 0 bridgehead atoms. The van der Waals surface area contributed by atoms with Gasteiger partial charge in [0, 0.05) is 28.1 Å². The second-order valence-corrected chi connectivity index (χ2v) is 6.43. The number of halogens is 1. The quantitative estimate of drug-likeness (QED) is 0.525. The summed E-state index contributed by atoms with van der Waals surface area (Å²) < 4.78 is 0. The summed E-state index contributed by atoms with van der Waals surface area (Å²) in [5.41, 5.74) is 2.18. The van der Waals surface area contributed by atoms with Gasteiger partial charge in [0.2, 0.25) is 5.91 Å². The molecule has 2 aromatic carbocycles. The van der Waals surface area contributed by atoms with Gasteiger partial charge in [0.05, 0.1) is 17.0 Å². The van der Waals surface area contributed by atoms with E-state index in [1.54, 1.807) is 18.2 Å². The summed E-state index contributed by atoms with van der Waals surface area (Å²) in [6.07, 6.45) is 0.110. The Hall–Kier alpha value is -2.77. The number of nitrogens with one attached hydrogen (secondary N) is 1. The van der Waals surface area contributed by atoms with E-state index in [9.17, 15) is 14.9 Å². The highest BCUT2D eigenvalue weighted by molar-refractivity contribution is 7.14. The van der Waals surface area contributed by atoms with Crippen LogP contribution in [0, 0.1) is 10.1 Å². The van der Waals surface area contributed by atoms with E-state index in [1.807, 2.05) is 23.6 Å². The number of nitrogens with zero attached hydrogens (tertiary/aromatic N) is 2. The van der Waals surface area contributed by atoms with Gasteiger partial charge in [0.15, 0.2) is 5.13 Å². The SMILES string of the molecule is O=C(Cc1ccc([N+](=O)[O-])cc1)Nc1nc(-c2ccccc2Cl)cs1. The van der Waals surface area contributed by atoms with E-state index in [2.05, 4.69) is 10.3 Å². The molecule has 1 aromatic heterocycles. The number of amides is 1. The predicted molar refractivity (Wildman–Crippen MR) is 98.0 cm³/mol. The molecule has 0 spiro atoms. The first kappa shape index (κ1) is 17.1. The average Bonchev–Trinajstić information content (AvgIpc) is 3.03. The summed E-state index contributed by atoms with van der Waals surface area (Å²) in [5, 5.41) is 16.2. The van der Waals surface area contributed by atoms with Crippen LogP contribution in [0.15, 0.2) is 53.9 Å². The van der Waals surface area contributed by atoms with E-state index < -0.39 is 4.92 Å². The van der Waals surface area contributed by atoms with Crippen LogP contribution in [-0.4, -0.2) is 15.8 Å². The summed E-state index contributed by atoms with van der Waals surface area (Å²) in [6, 6.07) is 13.2. The largest absolute Gasteiger partial charge is 0.302 e. The van der Waals surface area contributed by atoms with Gasteiger partial charge < -0.3 is 5.32 Å². The van der Waals surface area contributed by atoms with Crippen LogP contribution < -0.4 is 5.32 Å². The predicted octanol–water partition coefficient (Wildman–Crippen LogP) is 4.55. The van der Waals surface area contributed by atoms with Gasteiger partial charge in [-0.25, -0.2) is 4.98 Å². The Balaban J connectivity index is 1.66. The maximum absolute atomic E-state index is 12.1. The van der Waals surface area contributed by atoms with Crippen LogP contribution in [0.5, 0.6) is 0 Å². The van der Waals surface area contributed by atoms with Crippen molar-refractivity contribution in [1.82, 2.24) is 4.98 Å². The number of aromatic nitrogens is 1. The number of thiazole rings is 1. The van der Waals surface area contributed by atoms with Crippen molar-refractivity contribution < 1.29 is 9.72 Å². The number of carbonyl (C=O) groups excluding carboxylic acids is 1. The molecular weight excluding hydrogens is 362 g/mol. The highest BCUT2D eigenvalue weighted by atomic mass is 35.5. The first-order valence-electron chi connectivity index (χ1n) is 7.26. The van der Waals surface area contributed by atoms with E-state index >= 15 is 0 Å². The highest BCUT2D eigenvalue weighted by Gasteiger charge is 2.11. The molecule has 0 aliphatic carbocycles. The number of benzene rings is 2. The van der Waals surface area contributed by atoms with Crippen LogP contribution in [0.4, 0.5) is 10.8 Å². The smallest absolute Gasteiger partial charge is 0.269 e. The fourth-order valence-electron chi connectivity index (χ4n) is 2.21. The molecule has 25 heavy (non-hydrogen) atoms. The van der Waals surface area contributed by atoms with Gasteiger partial charge in [-0.1, -0.05) is 41.9 Å². The number of carbonyl (C=O) groups is 1. The molecule has 0 radical (unpaired) electrons.